The third kappa shape index (κ3) is 6.37. The number of nitrogens with zero attached hydrogens (tertiary/aromatic N) is 2. The van der Waals surface area contributed by atoms with E-state index in [2.05, 4.69) is 22.3 Å². The van der Waals surface area contributed by atoms with E-state index < -0.39 is 0 Å². The molecule has 7 heteroatoms. The highest BCUT2D eigenvalue weighted by Gasteiger charge is 2.22. The summed E-state index contributed by atoms with van der Waals surface area (Å²) >= 11 is 3.18. The minimum Gasteiger partial charge on any atom is -0.354 e. The molecule has 0 atom stereocenters. The van der Waals surface area contributed by atoms with E-state index in [-0.39, 0.29) is 11.8 Å². The van der Waals surface area contributed by atoms with Gasteiger partial charge in [-0.3, -0.25) is 14.5 Å². The Labute approximate surface area is 168 Å². The van der Waals surface area contributed by atoms with Gasteiger partial charge in [-0.15, -0.1) is 11.8 Å². The Balaban J connectivity index is 1.27. The average molecular weight is 404 g/mol. The molecular formula is C20H25N3O2S2. The Kier molecular flexibility index (Phi) is 7.74. The normalized spacial score (nSPS) is 14.9. The number of piperazine rings is 1. The van der Waals surface area contributed by atoms with Gasteiger partial charge in [0.25, 0.3) is 5.91 Å². The van der Waals surface area contributed by atoms with Crippen LogP contribution in [0.25, 0.3) is 0 Å². The molecule has 0 saturated carbocycles. The lowest BCUT2D eigenvalue weighted by Crippen LogP contribution is -2.50. The molecule has 0 aliphatic carbocycles. The number of carbonyl (C=O) groups is 2. The first-order valence-electron chi connectivity index (χ1n) is 9.14. The van der Waals surface area contributed by atoms with Gasteiger partial charge in [0.2, 0.25) is 5.91 Å². The van der Waals surface area contributed by atoms with E-state index in [9.17, 15) is 9.59 Å². The molecule has 1 saturated heterocycles. The molecule has 0 radical (unpaired) electrons. The van der Waals surface area contributed by atoms with Crippen molar-refractivity contribution in [1.29, 1.82) is 0 Å². The Morgan fingerprint density at radius 2 is 1.85 bits per heavy atom. The third-order valence-corrected chi connectivity index (χ3v) is 6.21. The minimum atomic E-state index is 0.0854. The minimum absolute atomic E-state index is 0.0854. The van der Waals surface area contributed by atoms with Crippen molar-refractivity contribution in [1.82, 2.24) is 15.1 Å². The topological polar surface area (TPSA) is 52.7 Å². The van der Waals surface area contributed by atoms with Crippen LogP contribution in [-0.4, -0.2) is 66.6 Å². The fraction of sp³-hybridized carbons (Fsp3) is 0.400. The predicted octanol–water partition coefficient (Wildman–Crippen LogP) is 2.56. The fourth-order valence-electron chi connectivity index (χ4n) is 2.98. The number of thioether (sulfide) groups is 1. The molecule has 3 rings (SSSR count). The Hall–Kier alpha value is -1.83. The maximum atomic E-state index is 12.3. The number of amides is 2. The van der Waals surface area contributed by atoms with E-state index >= 15 is 0 Å². The highest BCUT2D eigenvalue weighted by molar-refractivity contribution is 7.99. The van der Waals surface area contributed by atoms with Gasteiger partial charge in [0.05, 0.1) is 11.3 Å². The van der Waals surface area contributed by atoms with Gasteiger partial charge in [0, 0.05) is 50.4 Å². The molecule has 0 bridgehead atoms. The highest BCUT2D eigenvalue weighted by Crippen LogP contribution is 2.12. The van der Waals surface area contributed by atoms with Crippen molar-refractivity contribution < 1.29 is 9.59 Å². The molecule has 1 N–H and O–H groups in total. The molecule has 1 aliphatic heterocycles. The maximum absolute atomic E-state index is 12.3. The molecule has 1 aliphatic rings. The lowest BCUT2D eigenvalue weighted by molar-refractivity contribution is -0.118. The molecule has 144 valence electrons. The lowest BCUT2D eigenvalue weighted by Gasteiger charge is -2.34. The quantitative estimate of drug-likeness (QED) is 0.736. The predicted molar refractivity (Wildman–Crippen MR) is 112 cm³/mol. The van der Waals surface area contributed by atoms with Gasteiger partial charge in [0.1, 0.15) is 0 Å². The largest absolute Gasteiger partial charge is 0.354 e. The average Bonchev–Trinajstić information content (AvgIpc) is 3.24. The molecule has 5 nitrogen and oxygen atoms in total. The van der Waals surface area contributed by atoms with Crippen molar-refractivity contribution in [3.8, 4) is 0 Å². The van der Waals surface area contributed by atoms with Gasteiger partial charge in [-0.25, -0.2) is 0 Å². The maximum Gasteiger partial charge on any atom is 0.254 e. The van der Waals surface area contributed by atoms with E-state index in [4.69, 9.17) is 0 Å². The Morgan fingerprint density at radius 3 is 2.56 bits per heavy atom. The van der Waals surface area contributed by atoms with Crippen LogP contribution in [0.5, 0.6) is 0 Å². The smallest absolute Gasteiger partial charge is 0.254 e. The molecule has 1 aromatic heterocycles. The van der Waals surface area contributed by atoms with Crippen molar-refractivity contribution in [3.63, 3.8) is 0 Å². The zero-order chi connectivity index (χ0) is 18.9. The standard InChI is InChI=1S/C20H25N3O2S2/c24-19(16-27-14-17-4-2-1-3-5-17)21-7-8-22-9-11-23(12-10-22)20(25)18-6-13-26-15-18/h1-6,13,15H,7-12,14,16H2,(H,21,24). The highest BCUT2D eigenvalue weighted by atomic mass is 32.2. The van der Waals surface area contributed by atoms with Crippen molar-refractivity contribution in [2.45, 2.75) is 5.75 Å². The summed E-state index contributed by atoms with van der Waals surface area (Å²) in [6.07, 6.45) is 0. The summed E-state index contributed by atoms with van der Waals surface area (Å²) in [6.45, 7) is 4.69. The lowest BCUT2D eigenvalue weighted by atomic mass is 10.2. The number of rotatable bonds is 8. The van der Waals surface area contributed by atoms with Crippen LogP contribution in [0.15, 0.2) is 47.2 Å². The van der Waals surface area contributed by atoms with Gasteiger partial charge >= 0.3 is 0 Å². The van der Waals surface area contributed by atoms with E-state index in [1.807, 2.05) is 39.9 Å². The summed E-state index contributed by atoms with van der Waals surface area (Å²) in [5.74, 6) is 1.55. The van der Waals surface area contributed by atoms with Crippen molar-refractivity contribution in [3.05, 3.63) is 58.3 Å². The van der Waals surface area contributed by atoms with Crippen molar-refractivity contribution >= 4 is 34.9 Å². The number of hydrogen-bond donors (Lipinski definition) is 1. The first-order valence-corrected chi connectivity index (χ1v) is 11.2. The van der Waals surface area contributed by atoms with Crippen LogP contribution in [0.2, 0.25) is 0 Å². The van der Waals surface area contributed by atoms with E-state index in [0.29, 0.717) is 12.3 Å². The van der Waals surface area contributed by atoms with Crippen LogP contribution in [0, 0.1) is 0 Å². The summed E-state index contributed by atoms with van der Waals surface area (Å²) in [6, 6.07) is 12.1. The zero-order valence-corrected chi connectivity index (χ0v) is 16.9. The number of hydrogen-bond acceptors (Lipinski definition) is 5. The number of nitrogens with one attached hydrogen (secondary N) is 1. The van der Waals surface area contributed by atoms with Crippen molar-refractivity contribution in [2.24, 2.45) is 0 Å². The Morgan fingerprint density at radius 1 is 1.07 bits per heavy atom. The zero-order valence-electron chi connectivity index (χ0n) is 15.3. The summed E-state index contributed by atoms with van der Waals surface area (Å²) in [5.41, 5.74) is 2.03. The van der Waals surface area contributed by atoms with Crippen LogP contribution in [0.1, 0.15) is 15.9 Å². The molecule has 0 spiro atoms. The fourth-order valence-corrected chi connectivity index (χ4v) is 4.43. The number of carbonyl (C=O) groups excluding carboxylic acids is 2. The van der Waals surface area contributed by atoms with Crippen molar-refractivity contribution in [2.75, 3.05) is 45.0 Å². The van der Waals surface area contributed by atoms with Gasteiger partial charge < -0.3 is 10.2 Å². The van der Waals surface area contributed by atoms with Gasteiger partial charge in [0.15, 0.2) is 0 Å². The molecule has 1 fully saturated rings. The van der Waals surface area contributed by atoms with E-state index in [1.54, 1.807) is 23.1 Å². The molecular weight excluding hydrogens is 378 g/mol. The number of benzene rings is 1. The summed E-state index contributed by atoms with van der Waals surface area (Å²) in [5, 5.41) is 6.83. The summed E-state index contributed by atoms with van der Waals surface area (Å²) in [7, 11) is 0. The van der Waals surface area contributed by atoms with Crippen LogP contribution in [0.4, 0.5) is 0 Å². The summed E-state index contributed by atoms with van der Waals surface area (Å²) < 4.78 is 0. The molecule has 1 aromatic carbocycles. The second kappa shape index (κ2) is 10.5. The van der Waals surface area contributed by atoms with E-state index in [0.717, 1.165) is 44.0 Å². The Bertz CT molecular complexity index is 714. The van der Waals surface area contributed by atoms with Gasteiger partial charge in [-0.2, -0.15) is 11.3 Å². The second-order valence-electron chi connectivity index (χ2n) is 6.47. The first kappa shape index (κ1) is 19.9. The van der Waals surface area contributed by atoms with Gasteiger partial charge in [-0.05, 0) is 17.0 Å². The molecule has 2 amide bonds. The monoisotopic (exact) mass is 403 g/mol. The van der Waals surface area contributed by atoms with Crippen LogP contribution >= 0.6 is 23.1 Å². The molecule has 0 unspecified atom stereocenters. The molecule has 2 heterocycles. The number of thiophene rings is 1. The SMILES string of the molecule is O=C(CSCc1ccccc1)NCCN1CCN(C(=O)c2ccsc2)CC1. The van der Waals surface area contributed by atoms with Crippen LogP contribution < -0.4 is 5.32 Å². The summed E-state index contributed by atoms with van der Waals surface area (Å²) in [4.78, 5) is 28.5. The molecule has 2 aromatic rings. The van der Waals surface area contributed by atoms with Gasteiger partial charge in [-0.1, -0.05) is 30.3 Å². The van der Waals surface area contributed by atoms with E-state index in [1.165, 1.54) is 5.56 Å². The third-order valence-electron chi connectivity index (χ3n) is 4.52. The van der Waals surface area contributed by atoms with Crippen LogP contribution in [0.3, 0.4) is 0 Å². The second-order valence-corrected chi connectivity index (χ2v) is 8.24. The van der Waals surface area contributed by atoms with Crippen LogP contribution in [-0.2, 0) is 10.5 Å². The first-order chi connectivity index (χ1) is 13.2. The molecule has 27 heavy (non-hydrogen) atoms.